The van der Waals surface area contributed by atoms with Gasteiger partial charge in [0.15, 0.2) is 0 Å². The summed E-state index contributed by atoms with van der Waals surface area (Å²) in [6.07, 6.45) is 3.28. The highest BCUT2D eigenvalue weighted by atomic mass is 16.7. The number of carbonyl (C=O) groups excluding carboxylic acids is 5. The molecule has 0 radical (unpaired) electrons. The number of aromatic nitrogens is 2. The Morgan fingerprint density at radius 2 is 1.21 bits per heavy atom. The fraction of sp³-hybridized carbons (Fsp3) is 0.571. The summed E-state index contributed by atoms with van der Waals surface area (Å²) in [6.45, 7) is 9.37. The molecule has 52 heavy (non-hydrogen) atoms. The molecule has 3 N–H and O–H groups in total. The van der Waals surface area contributed by atoms with Crippen molar-refractivity contribution in [3.8, 4) is 0 Å². The Hall–Kier alpha value is -5.35. The minimum atomic E-state index is -0.901. The van der Waals surface area contributed by atoms with Crippen molar-refractivity contribution in [2.45, 2.75) is 91.2 Å². The van der Waals surface area contributed by atoms with Gasteiger partial charge < -0.3 is 39.8 Å². The van der Waals surface area contributed by atoms with Gasteiger partial charge in [-0.05, 0) is 77.1 Å². The van der Waals surface area contributed by atoms with Gasteiger partial charge in [-0.15, -0.1) is 9.46 Å². The molecule has 0 spiro atoms. The van der Waals surface area contributed by atoms with Crippen molar-refractivity contribution in [2.24, 2.45) is 0 Å². The second kappa shape index (κ2) is 21.1. The Morgan fingerprint density at radius 3 is 1.67 bits per heavy atom. The highest BCUT2D eigenvalue weighted by Crippen LogP contribution is 2.09. The molecule has 2 aromatic rings. The molecule has 0 aliphatic heterocycles. The maximum atomic E-state index is 13.6. The van der Waals surface area contributed by atoms with Crippen LogP contribution in [0.15, 0.2) is 33.9 Å². The van der Waals surface area contributed by atoms with Gasteiger partial charge in [0.1, 0.15) is 41.3 Å². The van der Waals surface area contributed by atoms with Crippen LogP contribution in [0, 0.1) is 0 Å². The number of rotatable bonds is 20. The number of nitrogens with one attached hydrogen (secondary N) is 3. The summed E-state index contributed by atoms with van der Waals surface area (Å²) in [5.74, 6) is -3.27. The van der Waals surface area contributed by atoms with Crippen molar-refractivity contribution in [1.29, 1.82) is 0 Å². The molecule has 2 rings (SSSR count). The molecule has 1 atom stereocenters. The summed E-state index contributed by atoms with van der Waals surface area (Å²) in [7, 11) is 2.24. The van der Waals surface area contributed by atoms with E-state index >= 15 is 0 Å². The number of carbonyl (C=O) groups is 5. The molecule has 0 saturated carbocycles. The monoisotopic (exact) mass is 733 g/mol. The Balaban J connectivity index is 2.36. The summed E-state index contributed by atoms with van der Waals surface area (Å²) in [5.41, 5.74) is -3.49. The van der Waals surface area contributed by atoms with Crippen molar-refractivity contribution < 1.29 is 47.9 Å². The third-order valence-electron chi connectivity index (χ3n) is 7.29. The lowest BCUT2D eigenvalue weighted by Crippen LogP contribution is -2.47. The second-order valence-electron chi connectivity index (χ2n) is 12.6. The molecular weight excluding hydrogens is 682 g/mol. The van der Waals surface area contributed by atoms with E-state index in [4.69, 9.17) is 14.4 Å². The van der Waals surface area contributed by atoms with E-state index in [1.54, 1.807) is 20.8 Å². The lowest BCUT2D eigenvalue weighted by atomic mass is 10.1. The molecule has 0 fully saturated rings. The third kappa shape index (κ3) is 13.1. The summed E-state index contributed by atoms with van der Waals surface area (Å²) in [4.78, 5) is 101. The molecule has 288 valence electrons. The summed E-state index contributed by atoms with van der Waals surface area (Å²) < 4.78 is 16.1. The van der Waals surface area contributed by atoms with E-state index in [0.29, 0.717) is 32.1 Å². The van der Waals surface area contributed by atoms with Crippen LogP contribution in [0.5, 0.6) is 0 Å². The van der Waals surface area contributed by atoms with Gasteiger partial charge in [0.05, 0.1) is 14.2 Å². The van der Waals surface area contributed by atoms with Gasteiger partial charge in [0.2, 0.25) is 0 Å². The first kappa shape index (κ1) is 42.8. The SMILES string of the molecule is CCCCOn1c(C(=O)NC[C@H](CCCCNC(=O)OC(C)(C)C)NC(=O)c2ccc(C(=O)OC)c(=O)n2OCCCC)ccc(C(=O)OC)c1=O. The maximum Gasteiger partial charge on any atom is 0.407 e. The Morgan fingerprint density at radius 1 is 0.712 bits per heavy atom. The van der Waals surface area contributed by atoms with Crippen LogP contribution < -0.4 is 36.7 Å². The van der Waals surface area contributed by atoms with E-state index in [1.165, 1.54) is 12.1 Å². The number of alkyl carbamates (subject to hydrolysis) is 1. The normalized spacial score (nSPS) is 11.5. The summed E-state index contributed by atoms with van der Waals surface area (Å²) >= 11 is 0. The lowest BCUT2D eigenvalue weighted by Gasteiger charge is -2.22. The molecule has 17 heteroatoms. The van der Waals surface area contributed by atoms with Crippen molar-refractivity contribution in [3.05, 3.63) is 67.5 Å². The molecule has 3 amide bonds. The number of ether oxygens (including phenoxy) is 3. The zero-order chi connectivity index (χ0) is 38.8. The Labute approximate surface area is 302 Å². The first-order valence-corrected chi connectivity index (χ1v) is 17.2. The quantitative estimate of drug-likeness (QED) is 0.102. The van der Waals surface area contributed by atoms with Crippen LogP contribution in [0.25, 0.3) is 0 Å². The predicted octanol–water partition coefficient (Wildman–Crippen LogP) is 2.26. The second-order valence-corrected chi connectivity index (χ2v) is 12.6. The highest BCUT2D eigenvalue weighted by Gasteiger charge is 2.25. The van der Waals surface area contributed by atoms with Crippen molar-refractivity contribution >= 4 is 29.8 Å². The first-order chi connectivity index (χ1) is 24.7. The van der Waals surface area contributed by atoms with E-state index in [9.17, 15) is 33.6 Å². The van der Waals surface area contributed by atoms with Gasteiger partial charge in [-0.2, -0.15) is 0 Å². The fourth-order valence-corrected chi connectivity index (χ4v) is 4.57. The Kier molecular flexibility index (Phi) is 17.4. The third-order valence-corrected chi connectivity index (χ3v) is 7.29. The molecule has 17 nitrogen and oxygen atoms in total. The molecule has 0 aliphatic carbocycles. The van der Waals surface area contributed by atoms with E-state index in [1.807, 2.05) is 13.8 Å². The van der Waals surface area contributed by atoms with Crippen LogP contribution in [0.4, 0.5) is 4.79 Å². The number of unbranched alkanes of at least 4 members (excludes halogenated alkanes) is 3. The minimum Gasteiger partial charge on any atom is -0.465 e. The number of hydrogen-bond donors (Lipinski definition) is 3. The average Bonchev–Trinajstić information content (AvgIpc) is 3.09. The van der Waals surface area contributed by atoms with Crippen LogP contribution in [-0.4, -0.2) is 91.5 Å². The molecule has 0 unspecified atom stereocenters. The van der Waals surface area contributed by atoms with Crippen LogP contribution in [0.2, 0.25) is 0 Å². The van der Waals surface area contributed by atoms with Crippen molar-refractivity contribution in [3.63, 3.8) is 0 Å². The van der Waals surface area contributed by atoms with Crippen molar-refractivity contribution in [1.82, 2.24) is 25.4 Å². The number of pyridine rings is 2. The molecule has 0 aromatic carbocycles. The molecular formula is C35H51N5O12. The van der Waals surface area contributed by atoms with E-state index < -0.39 is 52.6 Å². The maximum absolute atomic E-state index is 13.6. The Bertz CT molecular complexity index is 1660. The standard InChI is InChI=1S/C35H51N5O12/c1-8-10-20-50-39-26(17-15-24(30(39)43)32(45)48-6)28(41)37-22-23(14-12-13-19-36-34(47)52-35(3,4)5)38-29(42)27-18-16-25(33(46)49-7)31(44)40(27)51-21-11-9-2/h15-18,23H,8-14,19-22H2,1-7H3,(H,36,47)(H,37,41)(H,38,42)/t23-/m0/s1. The van der Waals surface area contributed by atoms with E-state index in [2.05, 4.69) is 25.4 Å². The van der Waals surface area contributed by atoms with Gasteiger partial charge >= 0.3 is 18.0 Å². The van der Waals surface area contributed by atoms with Crippen molar-refractivity contribution in [2.75, 3.05) is 40.5 Å². The smallest absolute Gasteiger partial charge is 0.407 e. The summed E-state index contributed by atoms with van der Waals surface area (Å²) in [6, 6.07) is 4.09. The molecule has 2 heterocycles. The average molecular weight is 734 g/mol. The number of esters is 2. The zero-order valence-electron chi connectivity index (χ0n) is 31.0. The minimum absolute atomic E-state index is 0.0856. The van der Waals surface area contributed by atoms with Crippen LogP contribution in [-0.2, 0) is 14.2 Å². The predicted molar refractivity (Wildman–Crippen MR) is 188 cm³/mol. The number of hydrogen-bond acceptors (Lipinski definition) is 12. The van der Waals surface area contributed by atoms with E-state index in [0.717, 1.165) is 48.7 Å². The van der Waals surface area contributed by atoms with Gasteiger partial charge in [-0.3, -0.25) is 19.2 Å². The largest absolute Gasteiger partial charge is 0.465 e. The molecule has 2 aromatic heterocycles. The number of methoxy groups -OCH3 is 2. The first-order valence-electron chi connectivity index (χ1n) is 17.2. The zero-order valence-corrected chi connectivity index (χ0v) is 31.0. The number of nitrogens with zero attached hydrogens (tertiary/aromatic N) is 2. The molecule has 0 aliphatic rings. The van der Waals surface area contributed by atoms with Crippen LogP contribution >= 0.6 is 0 Å². The van der Waals surface area contributed by atoms with E-state index in [-0.39, 0.29) is 48.8 Å². The lowest BCUT2D eigenvalue weighted by molar-refractivity contribution is 0.0524. The van der Waals surface area contributed by atoms with Gasteiger partial charge in [-0.1, -0.05) is 26.7 Å². The topological polar surface area (TPSA) is 212 Å². The highest BCUT2D eigenvalue weighted by molar-refractivity contribution is 5.95. The fourth-order valence-electron chi connectivity index (χ4n) is 4.57. The number of amides is 3. The molecule has 0 bridgehead atoms. The van der Waals surface area contributed by atoms with Gasteiger partial charge in [0.25, 0.3) is 22.9 Å². The van der Waals surface area contributed by atoms with Crippen LogP contribution in [0.3, 0.4) is 0 Å². The van der Waals surface area contributed by atoms with Gasteiger partial charge in [-0.25, -0.2) is 14.4 Å². The van der Waals surface area contributed by atoms with Crippen LogP contribution in [0.1, 0.15) is 121 Å². The summed E-state index contributed by atoms with van der Waals surface area (Å²) in [5, 5.41) is 8.18. The van der Waals surface area contributed by atoms with Gasteiger partial charge in [0, 0.05) is 19.1 Å². The molecule has 0 saturated heterocycles.